The standard InChI is InChI=1S/C15H17N2O5P/c1-3-21-23(18,22-4-2)15(12(8-16)9-17)11-5-6-13-14(7-11)20-10-19-13/h5-7,12,15H,3-4,10H2,1-2H3. The zero-order valence-corrected chi connectivity index (χ0v) is 13.8. The van der Waals surface area contributed by atoms with Crippen LogP contribution in [-0.2, 0) is 13.6 Å². The Kier molecular flexibility index (Phi) is 5.63. The van der Waals surface area contributed by atoms with E-state index in [9.17, 15) is 15.1 Å². The lowest BCUT2D eigenvalue weighted by Crippen LogP contribution is -2.14. The van der Waals surface area contributed by atoms with E-state index in [0.717, 1.165) is 0 Å². The summed E-state index contributed by atoms with van der Waals surface area (Å²) in [6.07, 6.45) is 0. The van der Waals surface area contributed by atoms with Crippen molar-refractivity contribution in [3.63, 3.8) is 0 Å². The van der Waals surface area contributed by atoms with Crippen molar-refractivity contribution in [2.75, 3.05) is 20.0 Å². The van der Waals surface area contributed by atoms with Crippen LogP contribution in [0.2, 0.25) is 0 Å². The van der Waals surface area contributed by atoms with Crippen LogP contribution in [-0.4, -0.2) is 20.0 Å². The fourth-order valence-corrected chi connectivity index (χ4v) is 4.52. The molecule has 1 aliphatic rings. The molecule has 23 heavy (non-hydrogen) atoms. The van der Waals surface area contributed by atoms with E-state index in [2.05, 4.69) is 0 Å². The molecule has 122 valence electrons. The molecule has 1 aromatic carbocycles. The highest BCUT2D eigenvalue weighted by Gasteiger charge is 2.43. The Morgan fingerprint density at radius 1 is 1.17 bits per heavy atom. The summed E-state index contributed by atoms with van der Waals surface area (Å²) in [5.41, 5.74) is -0.542. The van der Waals surface area contributed by atoms with Crippen molar-refractivity contribution in [2.45, 2.75) is 19.5 Å². The van der Waals surface area contributed by atoms with Crippen molar-refractivity contribution in [2.24, 2.45) is 5.92 Å². The zero-order chi connectivity index (χ0) is 16.9. The number of hydrogen-bond acceptors (Lipinski definition) is 7. The fourth-order valence-electron chi connectivity index (χ4n) is 2.38. The molecule has 0 aliphatic carbocycles. The summed E-state index contributed by atoms with van der Waals surface area (Å²) in [5.74, 6) is -0.151. The number of ether oxygens (including phenoxy) is 2. The van der Waals surface area contributed by atoms with Crippen molar-refractivity contribution in [3.8, 4) is 23.6 Å². The molecule has 0 spiro atoms. The molecular weight excluding hydrogens is 319 g/mol. The molecule has 1 aromatic rings. The van der Waals surface area contributed by atoms with Crippen LogP contribution < -0.4 is 9.47 Å². The van der Waals surface area contributed by atoms with Gasteiger partial charge in [0, 0.05) is 0 Å². The summed E-state index contributed by atoms with van der Waals surface area (Å²) in [7, 11) is -3.71. The molecule has 0 amide bonds. The highest BCUT2D eigenvalue weighted by Crippen LogP contribution is 2.64. The predicted molar refractivity (Wildman–Crippen MR) is 80.9 cm³/mol. The lowest BCUT2D eigenvalue weighted by molar-refractivity contribution is 0.174. The Hall–Kier alpha value is -2.05. The average molecular weight is 336 g/mol. The molecular formula is C15H17N2O5P. The minimum Gasteiger partial charge on any atom is -0.454 e. The molecule has 8 heteroatoms. The van der Waals surface area contributed by atoms with Crippen molar-refractivity contribution in [1.29, 1.82) is 10.5 Å². The van der Waals surface area contributed by atoms with Crippen LogP contribution >= 0.6 is 7.60 Å². The Morgan fingerprint density at radius 3 is 2.35 bits per heavy atom. The van der Waals surface area contributed by atoms with Crippen molar-refractivity contribution < 1.29 is 23.1 Å². The number of rotatable bonds is 7. The topological polar surface area (TPSA) is 102 Å². The SMILES string of the molecule is CCOP(=O)(OCC)C(c1ccc2c(c1)OCO2)C(C#N)C#N. The quantitative estimate of drug-likeness (QED) is 0.703. The van der Waals surface area contributed by atoms with Crippen LogP contribution in [0.25, 0.3) is 0 Å². The first kappa shape index (κ1) is 17.3. The molecule has 0 aromatic heterocycles. The van der Waals surface area contributed by atoms with E-state index in [4.69, 9.17) is 18.5 Å². The predicted octanol–water partition coefficient (Wildman–Crippen LogP) is 3.39. The first-order valence-corrected chi connectivity index (χ1v) is 8.78. The van der Waals surface area contributed by atoms with Gasteiger partial charge in [-0.15, -0.1) is 0 Å². The van der Waals surface area contributed by atoms with Gasteiger partial charge in [0.05, 0.1) is 25.4 Å². The number of nitrogens with zero attached hydrogens (tertiary/aromatic N) is 2. The minimum absolute atomic E-state index is 0.0952. The smallest absolute Gasteiger partial charge is 0.340 e. The molecule has 1 aliphatic heterocycles. The lowest BCUT2D eigenvalue weighted by atomic mass is 10.0. The van der Waals surface area contributed by atoms with Crippen LogP contribution in [0.15, 0.2) is 18.2 Å². The molecule has 0 N–H and O–H groups in total. The zero-order valence-electron chi connectivity index (χ0n) is 12.9. The highest BCUT2D eigenvalue weighted by molar-refractivity contribution is 7.54. The van der Waals surface area contributed by atoms with Gasteiger partial charge in [-0.05, 0) is 31.5 Å². The highest BCUT2D eigenvalue weighted by atomic mass is 31.2. The second-order valence-corrected chi connectivity index (χ2v) is 6.82. The van der Waals surface area contributed by atoms with Crippen LogP contribution in [0.1, 0.15) is 25.1 Å². The van der Waals surface area contributed by atoms with Gasteiger partial charge in [0.25, 0.3) is 0 Å². The maximum Gasteiger partial charge on any atom is 0.340 e. The van der Waals surface area contributed by atoms with E-state index in [1.807, 2.05) is 12.1 Å². The van der Waals surface area contributed by atoms with Gasteiger partial charge in [0.2, 0.25) is 6.79 Å². The number of nitriles is 2. The summed E-state index contributed by atoms with van der Waals surface area (Å²) in [5, 5.41) is 18.6. The summed E-state index contributed by atoms with van der Waals surface area (Å²) in [4.78, 5) is 0. The minimum atomic E-state index is -3.71. The maximum atomic E-state index is 13.2. The van der Waals surface area contributed by atoms with Crippen LogP contribution in [0.4, 0.5) is 0 Å². The Balaban J connectivity index is 2.52. The van der Waals surface area contributed by atoms with Crippen LogP contribution in [0, 0.1) is 28.6 Å². The largest absolute Gasteiger partial charge is 0.454 e. The molecule has 1 unspecified atom stereocenters. The molecule has 1 heterocycles. The summed E-state index contributed by atoms with van der Waals surface area (Å²) < 4.78 is 34.4. The molecule has 7 nitrogen and oxygen atoms in total. The molecule has 1 atom stereocenters. The maximum absolute atomic E-state index is 13.2. The van der Waals surface area contributed by atoms with Crippen LogP contribution in [0.3, 0.4) is 0 Å². The first-order valence-electron chi connectivity index (χ1n) is 7.17. The first-order chi connectivity index (χ1) is 11.1. The van der Waals surface area contributed by atoms with Gasteiger partial charge >= 0.3 is 7.60 Å². The Bertz CT molecular complexity index is 670. The number of benzene rings is 1. The Morgan fingerprint density at radius 2 is 1.78 bits per heavy atom. The van der Waals surface area contributed by atoms with Gasteiger partial charge in [-0.3, -0.25) is 4.57 Å². The van der Waals surface area contributed by atoms with Crippen LogP contribution in [0.5, 0.6) is 11.5 Å². The van der Waals surface area contributed by atoms with Gasteiger partial charge in [-0.25, -0.2) is 0 Å². The third-order valence-corrected chi connectivity index (χ3v) is 5.80. The molecule has 0 radical (unpaired) electrons. The van der Waals surface area contributed by atoms with E-state index < -0.39 is 19.2 Å². The molecule has 2 rings (SSSR count). The van der Waals surface area contributed by atoms with E-state index in [1.54, 1.807) is 32.0 Å². The van der Waals surface area contributed by atoms with Gasteiger partial charge < -0.3 is 18.5 Å². The Labute approximate surface area is 134 Å². The number of fused-ring (bicyclic) bond motifs is 1. The third kappa shape index (κ3) is 3.48. The average Bonchev–Trinajstić information content (AvgIpc) is 3.00. The van der Waals surface area contributed by atoms with E-state index in [-0.39, 0.29) is 20.0 Å². The third-order valence-electron chi connectivity index (χ3n) is 3.29. The van der Waals surface area contributed by atoms with Gasteiger partial charge in [0.15, 0.2) is 17.4 Å². The summed E-state index contributed by atoms with van der Waals surface area (Å²) >= 11 is 0. The second-order valence-electron chi connectivity index (χ2n) is 4.67. The van der Waals surface area contributed by atoms with Crippen molar-refractivity contribution >= 4 is 7.60 Å². The van der Waals surface area contributed by atoms with Crippen molar-refractivity contribution in [1.82, 2.24) is 0 Å². The molecule has 0 saturated carbocycles. The van der Waals surface area contributed by atoms with Gasteiger partial charge in [-0.2, -0.15) is 10.5 Å². The van der Waals surface area contributed by atoms with E-state index in [1.165, 1.54) is 0 Å². The van der Waals surface area contributed by atoms with Crippen molar-refractivity contribution in [3.05, 3.63) is 23.8 Å². The van der Waals surface area contributed by atoms with Gasteiger partial charge in [-0.1, -0.05) is 6.07 Å². The normalized spacial score (nSPS) is 14.3. The number of hydrogen-bond donors (Lipinski definition) is 0. The van der Waals surface area contributed by atoms with Gasteiger partial charge in [0.1, 0.15) is 5.66 Å². The summed E-state index contributed by atoms with van der Waals surface area (Å²) in [6, 6.07) is 8.66. The second kappa shape index (κ2) is 7.48. The summed E-state index contributed by atoms with van der Waals surface area (Å²) in [6.45, 7) is 3.73. The molecule has 0 fully saturated rings. The van der Waals surface area contributed by atoms with E-state index >= 15 is 0 Å². The fraction of sp³-hybridized carbons (Fsp3) is 0.467. The van der Waals surface area contributed by atoms with E-state index in [0.29, 0.717) is 17.1 Å². The molecule has 0 saturated heterocycles. The molecule has 0 bridgehead atoms. The monoisotopic (exact) mass is 336 g/mol. The lowest BCUT2D eigenvalue weighted by Gasteiger charge is -2.27.